The van der Waals surface area contributed by atoms with E-state index in [-0.39, 0.29) is 17.6 Å². The van der Waals surface area contributed by atoms with Crippen LogP contribution < -0.4 is 9.47 Å². The van der Waals surface area contributed by atoms with Crippen molar-refractivity contribution in [3.05, 3.63) is 94.8 Å². The van der Waals surface area contributed by atoms with Gasteiger partial charge in [0.1, 0.15) is 17.3 Å². The third kappa shape index (κ3) is 6.43. The third-order valence-corrected chi connectivity index (χ3v) is 7.03. The average Bonchev–Trinajstić information content (AvgIpc) is 3.26. The number of carbonyl (C=O) groups is 1. The molecule has 1 saturated heterocycles. The van der Waals surface area contributed by atoms with Gasteiger partial charge in [0, 0.05) is 51.6 Å². The highest BCUT2D eigenvalue weighted by atomic mass is 19.1. The van der Waals surface area contributed by atoms with Crippen LogP contribution in [0, 0.1) is 18.7 Å². The zero-order chi connectivity index (χ0) is 25.7. The molecular weight excluding hydrogens is 455 g/mol. The van der Waals surface area contributed by atoms with E-state index in [1.807, 2.05) is 23.1 Å². The van der Waals surface area contributed by atoms with Crippen molar-refractivity contribution in [2.45, 2.75) is 32.9 Å². The Balaban J connectivity index is 1.56. The molecule has 190 valence electrons. The molecule has 0 saturated carbocycles. The highest BCUT2D eigenvalue weighted by Crippen LogP contribution is 2.35. The zero-order valence-corrected chi connectivity index (χ0v) is 21.5. The molecule has 1 heterocycles. The van der Waals surface area contributed by atoms with Crippen molar-refractivity contribution in [2.75, 3.05) is 33.9 Å². The van der Waals surface area contributed by atoms with Gasteiger partial charge in [-0.15, -0.1) is 0 Å². The Hall–Kier alpha value is -3.38. The Bertz CT molecular complexity index is 1140. The average molecular weight is 491 g/mol. The smallest absolute Gasteiger partial charge is 0.219 e. The Kier molecular flexibility index (Phi) is 8.26. The molecule has 1 aliphatic heterocycles. The van der Waals surface area contributed by atoms with Gasteiger partial charge in [-0.25, -0.2) is 4.39 Å². The van der Waals surface area contributed by atoms with Gasteiger partial charge in [0.05, 0.1) is 14.2 Å². The van der Waals surface area contributed by atoms with Crippen LogP contribution in [0.2, 0.25) is 0 Å². The molecular formula is C30H35FN2O3. The summed E-state index contributed by atoms with van der Waals surface area (Å²) < 4.78 is 24.3. The number of benzene rings is 3. The number of methoxy groups -OCH3 is 2. The molecule has 4 rings (SSSR count). The fourth-order valence-corrected chi connectivity index (χ4v) is 5.08. The van der Waals surface area contributed by atoms with Crippen molar-refractivity contribution in [3.63, 3.8) is 0 Å². The van der Waals surface area contributed by atoms with E-state index in [1.165, 1.54) is 23.3 Å². The van der Waals surface area contributed by atoms with Crippen molar-refractivity contribution in [1.29, 1.82) is 0 Å². The molecule has 0 bridgehead atoms. The van der Waals surface area contributed by atoms with E-state index in [4.69, 9.17) is 9.47 Å². The lowest BCUT2D eigenvalue weighted by Gasteiger charge is -2.28. The van der Waals surface area contributed by atoms with Crippen molar-refractivity contribution in [3.8, 4) is 11.5 Å². The maximum absolute atomic E-state index is 13.4. The van der Waals surface area contributed by atoms with E-state index < -0.39 is 0 Å². The second kappa shape index (κ2) is 11.6. The quantitative estimate of drug-likeness (QED) is 0.402. The highest BCUT2D eigenvalue weighted by molar-refractivity contribution is 5.73. The van der Waals surface area contributed by atoms with Gasteiger partial charge in [-0.1, -0.05) is 42.0 Å². The van der Waals surface area contributed by atoms with Crippen LogP contribution in [-0.4, -0.2) is 49.6 Å². The first kappa shape index (κ1) is 25.7. The van der Waals surface area contributed by atoms with E-state index in [2.05, 4.69) is 36.1 Å². The first-order valence-corrected chi connectivity index (χ1v) is 12.4. The molecule has 1 amide bonds. The molecule has 0 spiro atoms. The number of hydrogen-bond acceptors (Lipinski definition) is 4. The van der Waals surface area contributed by atoms with Gasteiger partial charge in [-0.3, -0.25) is 9.69 Å². The lowest BCUT2D eigenvalue weighted by molar-refractivity contribution is -0.130. The van der Waals surface area contributed by atoms with Crippen LogP contribution in [0.25, 0.3) is 0 Å². The third-order valence-electron chi connectivity index (χ3n) is 7.03. The molecule has 1 fully saturated rings. The zero-order valence-electron chi connectivity index (χ0n) is 21.5. The number of aryl methyl sites for hydroxylation is 1. The molecule has 0 radical (unpaired) electrons. The number of carbonyl (C=O) groups excluding carboxylic acids is 1. The molecule has 2 atom stereocenters. The van der Waals surface area contributed by atoms with Crippen molar-refractivity contribution < 1.29 is 18.7 Å². The van der Waals surface area contributed by atoms with E-state index in [9.17, 15) is 9.18 Å². The van der Waals surface area contributed by atoms with Crippen LogP contribution in [0.4, 0.5) is 4.39 Å². The summed E-state index contributed by atoms with van der Waals surface area (Å²) in [6.45, 7) is 7.35. The fraction of sp³-hybridized carbons (Fsp3) is 0.367. The summed E-state index contributed by atoms with van der Waals surface area (Å²) in [5.74, 6) is 1.87. The number of rotatable bonds is 9. The number of amides is 1. The van der Waals surface area contributed by atoms with Gasteiger partial charge in [0.25, 0.3) is 0 Å². The van der Waals surface area contributed by atoms with Crippen molar-refractivity contribution >= 4 is 5.91 Å². The normalized spacial score (nSPS) is 17.7. The van der Waals surface area contributed by atoms with Crippen LogP contribution in [0.3, 0.4) is 0 Å². The van der Waals surface area contributed by atoms with Crippen LogP contribution in [0.5, 0.6) is 11.5 Å². The predicted molar refractivity (Wildman–Crippen MR) is 140 cm³/mol. The Morgan fingerprint density at radius 1 is 0.944 bits per heavy atom. The second-order valence-electron chi connectivity index (χ2n) is 9.72. The van der Waals surface area contributed by atoms with Crippen LogP contribution in [0.1, 0.15) is 35.1 Å². The number of likely N-dealkylation sites (tertiary alicyclic amines) is 1. The fourth-order valence-electron chi connectivity index (χ4n) is 5.08. The van der Waals surface area contributed by atoms with Gasteiger partial charge in [0.15, 0.2) is 0 Å². The maximum atomic E-state index is 13.4. The van der Waals surface area contributed by atoms with E-state index in [1.54, 1.807) is 33.3 Å². The molecule has 6 heteroatoms. The molecule has 0 aliphatic carbocycles. The summed E-state index contributed by atoms with van der Waals surface area (Å²) in [6, 6.07) is 21.1. The van der Waals surface area contributed by atoms with Crippen molar-refractivity contribution in [1.82, 2.24) is 9.80 Å². The summed E-state index contributed by atoms with van der Waals surface area (Å²) in [5, 5.41) is 0. The van der Waals surface area contributed by atoms with E-state index in [0.717, 1.165) is 42.3 Å². The first-order chi connectivity index (χ1) is 17.3. The van der Waals surface area contributed by atoms with Crippen LogP contribution in [-0.2, 0) is 17.9 Å². The summed E-state index contributed by atoms with van der Waals surface area (Å²) >= 11 is 0. The molecule has 3 aromatic carbocycles. The Morgan fingerprint density at radius 3 is 2.17 bits per heavy atom. The standard InChI is InChI=1S/C30H35FN2O3/c1-21-5-9-25(10-6-21)30-20-32(16-24-13-28(35-3)15-29(14-24)36-4)18-26(30)19-33(22(2)34)17-23-7-11-27(31)12-8-23/h5-15,26,30H,16-20H2,1-4H3/t26-,30+/m1/s1. The van der Waals surface area contributed by atoms with Gasteiger partial charge in [-0.05, 0) is 53.8 Å². The van der Waals surface area contributed by atoms with Crippen LogP contribution in [0.15, 0.2) is 66.7 Å². The molecule has 3 aromatic rings. The van der Waals surface area contributed by atoms with Gasteiger partial charge >= 0.3 is 0 Å². The molecule has 0 aromatic heterocycles. The second-order valence-corrected chi connectivity index (χ2v) is 9.72. The highest BCUT2D eigenvalue weighted by Gasteiger charge is 2.35. The Labute approximate surface area is 213 Å². The van der Waals surface area contributed by atoms with Crippen molar-refractivity contribution in [2.24, 2.45) is 5.92 Å². The number of halogens is 1. The minimum absolute atomic E-state index is 0.0259. The van der Waals surface area contributed by atoms with E-state index in [0.29, 0.717) is 19.0 Å². The van der Waals surface area contributed by atoms with Gasteiger partial charge in [0.2, 0.25) is 5.91 Å². The minimum atomic E-state index is -0.270. The lowest BCUT2D eigenvalue weighted by atomic mass is 9.88. The largest absolute Gasteiger partial charge is 0.497 e. The molecule has 1 aliphatic rings. The summed E-state index contributed by atoms with van der Waals surface area (Å²) in [4.78, 5) is 16.9. The van der Waals surface area contributed by atoms with E-state index >= 15 is 0 Å². The minimum Gasteiger partial charge on any atom is -0.497 e. The molecule has 0 N–H and O–H groups in total. The topological polar surface area (TPSA) is 42.0 Å². The summed E-state index contributed by atoms with van der Waals surface area (Å²) in [6.07, 6.45) is 0. The number of nitrogens with zero attached hydrogens (tertiary/aromatic N) is 2. The lowest BCUT2D eigenvalue weighted by Crippen LogP contribution is -2.35. The number of ether oxygens (including phenoxy) is 2. The monoisotopic (exact) mass is 490 g/mol. The summed E-state index contributed by atoms with van der Waals surface area (Å²) in [7, 11) is 3.32. The van der Waals surface area contributed by atoms with Gasteiger partial charge < -0.3 is 14.4 Å². The SMILES string of the molecule is COc1cc(CN2C[C@H](CN(Cc3ccc(F)cc3)C(C)=O)[C@H](c3ccc(C)cc3)C2)cc(OC)c1. The summed E-state index contributed by atoms with van der Waals surface area (Å²) in [5.41, 5.74) is 4.58. The predicted octanol–water partition coefficient (Wildman–Crippen LogP) is 5.42. The Morgan fingerprint density at radius 2 is 1.58 bits per heavy atom. The molecule has 5 nitrogen and oxygen atoms in total. The first-order valence-electron chi connectivity index (χ1n) is 12.4. The number of hydrogen-bond donors (Lipinski definition) is 0. The maximum Gasteiger partial charge on any atom is 0.219 e. The molecule has 36 heavy (non-hydrogen) atoms. The van der Waals surface area contributed by atoms with Gasteiger partial charge in [-0.2, -0.15) is 0 Å². The van der Waals surface area contributed by atoms with Crippen LogP contribution >= 0.6 is 0 Å². The molecule has 0 unspecified atom stereocenters.